The average Bonchev–Trinajstić information content (AvgIpc) is 2.34. The molecular formula is C11H16N4O4. The van der Waals surface area contributed by atoms with Crippen LogP contribution in [0.4, 0.5) is 11.5 Å². The highest BCUT2D eigenvalue weighted by Gasteiger charge is 2.14. The number of pyridine rings is 1. The normalized spacial score (nSPS) is 10.5. The number of likely N-dealkylation sites (N-methyl/N-ethyl adjacent to an activating group) is 1. The highest BCUT2D eigenvalue weighted by molar-refractivity contribution is 5.73. The third-order valence-corrected chi connectivity index (χ3v) is 2.41. The van der Waals surface area contributed by atoms with Crippen LogP contribution >= 0.6 is 0 Å². The van der Waals surface area contributed by atoms with Gasteiger partial charge in [0.05, 0.1) is 4.92 Å². The molecule has 8 heteroatoms. The molecule has 0 aromatic carbocycles. The van der Waals surface area contributed by atoms with E-state index in [1.54, 1.807) is 4.90 Å². The summed E-state index contributed by atoms with van der Waals surface area (Å²) in [5.74, 6) is -0.561. The van der Waals surface area contributed by atoms with Crippen LogP contribution in [0.25, 0.3) is 0 Å². The Labute approximate surface area is 110 Å². The van der Waals surface area contributed by atoms with Gasteiger partial charge in [-0.25, -0.2) is 4.98 Å². The van der Waals surface area contributed by atoms with Crippen molar-refractivity contribution in [3.05, 3.63) is 28.4 Å². The van der Waals surface area contributed by atoms with Crippen LogP contribution in [0.1, 0.15) is 0 Å². The summed E-state index contributed by atoms with van der Waals surface area (Å²) in [4.78, 5) is 28.2. The van der Waals surface area contributed by atoms with Gasteiger partial charge in [0.1, 0.15) is 18.6 Å². The molecule has 0 aliphatic rings. The summed E-state index contributed by atoms with van der Waals surface area (Å²) in [6.07, 6.45) is 1.12. The maximum absolute atomic E-state index is 10.8. The lowest BCUT2D eigenvalue weighted by atomic mass is 10.3. The van der Waals surface area contributed by atoms with E-state index in [1.165, 1.54) is 12.1 Å². The molecule has 0 saturated carbocycles. The predicted molar refractivity (Wildman–Crippen MR) is 69.3 cm³/mol. The van der Waals surface area contributed by atoms with Gasteiger partial charge >= 0.3 is 5.97 Å². The zero-order valence-electron chi connectivity index (χ0n) is 10.8. The monoisotopic (exact) mass is 268 g/mol. The van der Waals surface area contributed by atoms with E-state index in [-0.39, 0.29) is 12.2 Å². The zero-order valence-corrected chi connectivity index (χ0v) is 10.8. The van der Waals surface area contributed by atoms with E-state index < -0.39 is 10.9 Å². The molecule has 0 saturated heterocycles. The van der Waals surface area contributed by atoms with Crippen LogP contribution < -0.4 is 4.90 Å². The second-order valence-electron chi connectivity index (χ2n) is 4.25. The number of carboxylic acid groups (broad SMARTS) is 1. The molecule has 1 heterocycles. The summed E-state index contributed by atoms with van der Waals surface area (Å²) in [7, 11) is 3.75. The topological polar surface area (TPSA) is 99.8 Å². The van der Waals surface area contributed by atoms with Crippen LogP contribution in [0.5, 0.6) is 0 Å². The number of aliphatic carboxylic acids is 1. The van der Waals surface area contributed by atoms with Gasteiger partial charge in [-0.05, 0) is 20.2 Å². The van der Waals surface area contributed by atoms with E-state index >= 15 is 0 Å². The molecule has 1 rings (SSSR count). The summed E-state index contributed by atoms with van der Waals surface area (Å²) < 4.78 is 0. The Balaban J connectivity index is 2.83. The Hall–Kier alpha value is -2.22. The molecule has 0 aliphatic heterocycles. The molecule has 0 spiro atoms. The third kappa shape index (κ3) is 4.88. The maximum atomic E-state index is 10.8. The number of nitro groups is 1. The number of rotatable bonds is 7. The minimum atomic E-state index is -0.973. The largest absolute Gasteiger partial charge is 0.480 e. The van der Waals surface area contributed by atoms with Crippen molar-refractivity contribution in [3.8, 4) is 0 Å². The van der Waals surface area contributed by atoms with Gasteiger partial charge < -0.3 is 14.9 Å². The van der Waals surface area contributed by atoms with E-state index in [2.05, 4.69) is 4.98 Å². The Kier molecular flexibility index (Phi) is 5.19. The van der Waals surface area contributed by atoms with Gasteiger partial charge in [-0.15, -0.1) is 0 Å². The molecule has 0 unspecified atom stereocenters. The summed E-state index contributed by atoms with van der Waals surface area (Å²) in [6.45, 7) is 0.939. The Morgan fingerprint density at radius 3 is 2.53 bits per heavy atom. The van der Waals surface area contributed by atoms with E-state index in [1.807, 2.05) is 19.0 Å². The molecule has 8 nitrogen and oxygen atoms in total. The van der Waals surface area contributed by atoms with E-state index in [9.17, 15) is 14.9 Å². The summed E-state index contributed by atoms with van der Waals surface area (Å²) in [5.41, 5.74) is -0.119. The Morgan fingerprint density at radius 1 is 1.42 bits per heavy atom. The van der Waals surface area contributed by atoms with Crippen molar-refractivity contribution in [2.45, 2.75) is 0 Å². The average molecular weight is 268 g/mol. The van der Waals surface area contributed by atoms with Gasteiger partial charge in [-0.1, -0.05) is 0 Å². The summed E-state index contributed by atoms with van der Waals surface area (Å²) in [5, 5.41) is 19.4. The maximum Gasteiger partial charge on any atom is 0.323 e. The van der Waals surface area contributed by atoms with Gasteiger partial charge in [-0.2, -0.15) is 0 Å². The predicted octanol–water partition coefficient (Wildman–Crippen LogP) is 0.442. The first-order valence-corrected chi connectivity index (χ1v) is 5.62. The molecule has 0 amide bonds. The fourth-order valence-corrected chi connectivity index (χ4v) is 1.43. The van der Waals surface area contributed by atoms with Crippen LogP contribution in [0.15, 0.2) is 18.3 Å². The van der Waals surface area contributed by atoms with Crippen molar-refractivity contribution in [2.24, 2.45) is 0 Å². The second kappa shape index (κ2) is 6.64. The van der Waals surface area contributed by atoms with Crippen LogP contribution in [0.3, 0.4) is 0 Å². The lowest BCUT2D eigenvalue weighted by Crippen LogP contribution is -2.36. The highest BCUT2D eigenvalue weighted by Crippen LogP contribution is 2.15. The molecule has 1 N–H and O–H groups in total. The van der Waals surface area contributed by atoms with Crippen molar-refractivity contribution < 1.29 is 14.8 Å². The number of aromatic nitrogens is 1. The first-order chi connectivity index (χ1) is 8.90. The fourth-order valence-electron chi connectivity index (χ4n) is 1.43. The minimum Gasteiger partial charge on any atom is -0.480 e. The number of hydrogen-bond donors (Lipinski definition) is 1. The van der Waals surface area contributed by atoms with Gasteiger partial charge in [0, 0.05) is 19.2 Å². The molecule has 0 atom stereocenters. The quantitative estimate of drug-likeness (QED) is 0.565. The van der Waals surface area contributed by atoms with Crippen LogP contribution in [-0.4, -0.2) is 59.6 Å². The second-order valence-corrected chi connectivity index (χ2v) is 4.25. The Bertz CT molecular complexity index is 447. The first-order valence-electron chi connectivity index (χ1n) is 5.62. The van der Waals surface area contributed by atoms with Gasteiger partial charge in [0.2, 0.25) is 0 Å². The molecule has 104 valence electrons. The summed E-state index contributed by atoms with van der Waals surface area (Å²) in [6, 6.07) is 2.77. The smallest absolute Gasteiger partial charge is 0.323 e. The number of nitrogens with zero attached hydrogens (tertiary/aromatic N) is 4. The molecule has 0 aliphatic carbocycles. The van der Waals surface area contributed by atoms with Crippen molar-refractivity contribution in [1.82, 2.24) is 9.88 Å². The van der Waals surface area contributed by atoms with Gasteiger partial charge in [0.15, 0.2) is 0 Å². The number of hydrogen-bond acceptors (Lipinski definition) is 6. The highest BCUT2D eigenvalue weighted by atomic mass is 16.6. The minimum absolute atomic E-state index is 0.119. The standard InChI is InChI=1S/C11H16N4O4/c1-13(2)5-6-14(8-11(16)17)10-4-3-9(7-12-10)15(18)19/h3-4,7H,5-6,8H2,1-2H3,(H,16,17). The van der Waals surface area contributed by atoms with Crippen LogP contribution in [0.2, 0.25) is 0 Å². The van der Waals surface area contributed by atoms with Crippen LogP contribution in [0, 0.1) is 10.1 Å². The molecule has 0 radical (unpaired) electrons. The molecule has 19 heavy (non-hydrogen) atoms. The van der Waals surface area contributed by atoms with E-state index in [0.717, 1.165) is 6.20 Å². The van der Waals surface area contributed by atoms with Crippen molar-refractivity contribution in [2.75, 3.05) is 38.6 Å². The molecule has 1 aromatic heterocycles. The third-order valence-electron chi connectivity index (χ3n) is 2.41. The zero-order chi connectivity index (χ0) is 14.4. The van der Waals surface area contributed by atoms with Gasteiger partial charge in [-0.3, -0.25) is 14.9 Å². The first kappa shape index (κ1) is 14.8. The molecule has 1 aromatic rings. The lowest BCUT2D eigenvalue weighted by Gasteiger charge is -2.23. The summed E-state index contributed by atoms with van der Waals surface area (Å²) >= 11 is 0. The lowest BCUT2D eigenvalue weighted by molar-refractivity contribution is -0.385. The molecular weight excluding hydrogens is 252 g/mol. The van der Waals surface area contributed by atoms with E-state index in [0.29, 0.717) is 18.9 Å². The number of carboxylic acids is 1. The van der Waals surface area contributed by atoms with Crippen molar-refractivity contribution in [1.29, 1.82) is 0 Å². The van der Waals surface area contributed by atoms with Gasteiger partial charge in [0.25, 0.3) is 5.69 Å². The number of carbonyl (C=O) groups is 1. The fraction of sp³-hybridized carbons (Fsp3) is 0.455. The van der Waals surface area contributed by atoms with E-state index in [4.69, 9.17) is 5.11 Å². The molecule has 0 fully saturated rings. The number of anilines is 1. The van der Waals surface area contributed by atoms with Crippen molar-refractivity contribution in [3.63, 3.8) is 0 Å². The Morgan fingerprint density at radius 2 is 2.11 bits per heavy atom. The van der Waals surface area contributed by atoms with Crippen molar-refractivity contribution >= 4 is 17.5 Å². The molecule has 0 bridgehead atoms. The SMILES string of the molecule is CN(C)CCN(CC(=O)O)c1ccc([N+](=O)[O-])cn1. The van der Waals surface area contributed by atoms with Crippen LogP contribution in [-0.2, 0) is 4.79 Å².